The Bertz CT molecular complexity index is 1370. The second kappa shape index (κ2) is 14.1. The van der Waals surface area contributed by atoms with Crippen molar-refractivity contribution in [3.05, 3.63) is 101 Å². The zero-order chi connectivity index (χ0) is 29.3. The Balaban J connectivity index is 1.87. The first-order valence-electron chi connectivity index (χ1n) is 13.7. The van der Waals surface area contributed by atoms with Crippen molar-refractivity contribution in [1.82, 2.24) is 10.2 Å². The van der Waals surface area contributed by atoms with E-state index in [1.165, 1.54) is 10.6 Å². The van der Waals surface area contributed by atoms with E-state index in [2.05, 4.69) is 5.32 Å². The fourth-order valence-corrected chi connectivity index (χ4v) is 5.57. The minimum atomic E-state index is -3.55. The van der Waals surface area contributed by atoms with Gasteiger partial charge in [-0.05, 0) is 62.9 Å². The summed E-state index contributed by atoms with van der Waals surface area (Å²) in [4.78, 5) is 29.0. The standard InChI is InChI=1S/C32H41N3O4S/c1-24(2)33-32(37)30(22-27-12-7-6-8-13-27)34(23-28-18-16-25(3)17-19-28)31(36)15-10-20-35(40(5,38)39)29-14-9-11-26(4)21-29/h6-9,11-14,16-19,21,24,30H,10,15,20,22-23H2,1-5H3,(H,33,37)/t30-/m1/s1. The van der Waals surface area contributed by atoms with Crippen molar-refractivity contribution in [3.8, 4) is 0 Å². The fraction of sp³-hybridized carbons (Fsp3) is 0.375. The summed E-state index contributed by atoms with van der Waals surface area (Å²) in [6, 6.07) is 24.1. The van der Waals surface area contributed by atoms with Crippen LogP contribution in [0.2, 0.25) is 0 Å². The van der Waals surface area contributed by atoms with Crippen LogP contribution in [0, 0.1) is 13.8 Å². The van der Waals surface area contributed by atoms with E-state index < -0.39 is 16.1 Å². The smallest absolute Gasteiger partial charge is 0.243 e. The van der Waals surface area contributed by atoms with Crippen molar-refractivity contribution in [2.24, 2.45) is 0 Å². The minimum absolute atomic E-state index is 0.0836. The minimum Gasteiger partial charge on any atom is -0.352 e. The highest BCUT2D eigenvalue weighted by Gasteiger charge is 2.31. The van der Waals surface area contributed by atoms with Gasteiger partial charge in [-0.25, -0.2) is 8.42 Å². The molecule has 3 aromatic carbocycles. The molecule has 0 saturated carbocycles. The summed E-state index contributed by atoms with van der Waals surface area (Å²) in [6.07, 6.45) is 1.96. The van der Waals surface area contributed by atoms with Crippen molar-refractivity contribution >= 4 is 27.5 Å². The van der Waals surface area contributed by atoms with Crippen molar-refractivity contribution in [2.75, 3.05) is 17.1 Å². The van der Waals surface area contributed by atoms with Crippen LogP contribution in [-0.2, 0) is 32.6 Å². The summed E-state index contributed by atoms with van der Waals surface area (Å²) in [5, 5.41) is 2.99. The zero-order valence-electron chi connectivity index (χ0n) is 24.1. The van der Waals surface area contributed by atoms with E-state index in [1.807, 2.05) is 100 Å². The maximum Gasteiger partial charge on any atom is 0.243 e. The van der Waals surface area contributed by atoms with Gasteiger partial charge in [0.15, 0.2) is 0 Å². The Morgan fingerprint density at radius 2 is 1.52 bits per heavy atom. The first-order valence-corrected chi connectivity index (χ1v) is 15.5. The Morgan fingerprint density at radius 3 is 2.12 bits per heavy atom. The number of hydrogen-bond acceptors (Lipinski definition) is 4. The number of benzene rings is 3. The van der Waals surface area contributed by atoms with E-state index >= 15 is 0 Å². The van der Waals surface area contributed by atoms with Gasteiger partial charge in [0.25, 0.3) is 0 Å². The largest absolute Gasteiger partial charge is 0.352 e. The van der Waals surface area contributed by atoms with Gasteiger partial charge >= 0.3 is 0 Å². The molecular weight excluding hydrogens is 522 g/mol. The normalized spacial score (nSPS) is 12.2. The van der Waals surface area contributed by atoms with E-state index in [9.17, 15) is 18.0 Å². The van der Waals surface area contributed by atoms with Crippen LogP contribution in [0.5, 0.6) is 0 Å². The summed E-state index contributed by atoms with van der Waals surface area (Å²) < 4.78 is 26.5. The van der Waals surface area contributed by atoms with Crippen molar-refractivity contribution < 1.29 is 18.0 Å². The maximum absolute atomic E-state index is 13.8. The van der Waals surface area contributed by atoms with E-state index in [-0.39, 0.29) is 37.4 Å². The first-order chi connectivity index (χ1) is 18.9. The molecule has 0 aromatic heterocycles. The topological polar surface area (TPSA) is 86.8 Å². The number of amides is 2. The van der Waals surface area contributed by atoms with Crippen molar-refractivity contribution in [2.45, 2.75) is 65.6 Å². The van der Waals surface area contributed by atoms with Crippen molar-refractivity contribution in [3.63, 3.8) is 0 Å². The second-order valence-corrected chi connectivity index (χ2v) is 12.6. The number of aryl methyl sites for hydroxylation is 2. The molecule has 0 aliphatic carbocycles. The van der Waals surface area contributed by atoms with Gasteiger partial charge in [-0.3, -0.25) is 13.9 Å². The molecule has 2 amide bonds. The van der Waals surface area contributed by atoms with Crippen LogP contribution in [0.3, 0.4) is 0 Å². The molecule has 0 heterocycles. The van der Waals surface area contributed by atoms with Crippen LogP contribution in [0.15, 0.2) is 78.9 Å². The molecule has 40 heavy (non-hydrogen) atoms. The number of sulfonamides is 1. The van der Waals surface area contributed by atoms with Gasteiger partial charge in [-0.1, -0.05) is 72.3 Å². The summed E-state index contributed by atoms with van der Waals surface area (Å²) in [5.74, 6) is -0.407. The third-order valence-electron chi connectivity index (χ3n) is 6.62. The lowest BCUT2D eigenvalue weighted by molar-refractivity contribution is -0.141. The van der Waals surface area contributed by atoms with Gasteiger partial charge in [0, 0.05) is 32.0 Å². The van der Waals surface area contributed by atoms with Crippen LogP contribution >= 0.6 is 0 Å². The molecule has 0 bridgehead atoms. The molecule has 0 fully saturated rings. The van der Waals surface area contributed by atoms with E-state index in [0.717, 1.165) is 22.3 Å². The number of nitrogens with zero attached hydrogens (tertiary/aromatic N) is 2. The molecular formula is C32H41N3O4S. The van der Waals surface area contributed by atoms with Crippen LogP contribution < -0.4 is 9.62 Å². The number of rotatable bonds is 13. The molecule has 0 spiro atoms. The Morgan fingerprint density at radius 1 is 0.850 bits per heavy atom. The number of carbonyl (C=O) groups is 2. The highest BCUT2D eigenvalue weighted by atomic mass is 32.2. The third kappa shape index (κ3) is 9.23. The van der Waals surface area contributed by atoms with E-state index in [1.54, 1.807) is 11.0 Å². The van der Waals surface area contributed by atoms with Gasteiger partial charge in [0.05, 0.1) is 11.9 Å². The number of hydrogen-bond donors (Lipinski definition) is 1. The highest BCUT2D eigenvalue weighted by molar-refractivity contribution is 7.92. The number of anilines is 1. The first kappa shape index (κ1) is 30.9. The van der Waals surface area contributed by atoms with Crippen LogP contribution in [0.25, 0.3) is 0 Å². The summed E-state index contributed by atoms with van der Waals surface area (Å²) in [7, 11) is -3.55. The Hall–Kier alpha value is -3.65. The molecule has 8 heteroatoms. The van der Waals surface area contributed by atoms with Gasteiger partial charge in [0.2, 0.25) is 21.8 Å². The number of nitrogens with one attached hydrogen (secondary N) is 1. The Kier molecular flexibility index (Phi) is 10.9. The third-order valence-corrected chi connectivity index (χ3v) is 7.81. The molecule has 214 valence electrons. The fourth-order valence-electron chi connectivity index (χ4n) is 4.61. The highest BCUT2D eigenvalue weighted by Crippen LogP contribution is 2.21. The zero-order valence-corrected chi connectivity index (χ0v) is 24.9. The monoisotopic (exact) mass is 563 g/mol. The van der Waals surface area contributed by atoms with E-state index in [0.29, 0.717) is 18.5 Å². The second-order valence-electron chi connectivity index (χ2n) is 10.7. The average Bonchev–Trinajstić information content (AvgIpc) is 2.89. The molecule has 3 aromatic rings. The van der Waals surface area contributed by atoms with Gasteiger partial charge in [-0.15, -0.1) is 0 Å². The molecule has 0 unspecified atom stereocenters. The molecule has 0 aliphatic heterocycles. The molecule has 0 aliphatic rings. The quantitative estimate of drug-likeness (QED) is 0.317. The van der Waals surface area contributed by atoms with Gasteiger partial charge in [-0.2, -0.15) is 0 Å². The maximum atomic E-state index is 13.8. The molecule has 0 saturated heterocycles. The van der Waals surface area contributed by atoms with E-state index in [4.69, 9.17) is 0 Å². The van der Waals surface area contributed by atoms with Crippen LogP contribution in [0.1, 0.15) is 48.9 Å². The van der Waals surface area contributed by atoms with Crippen LogP contribution in [0.4, 0.5) is 5.69 Å². The SMILES string of the molecule is Cc1ccc(CN(C(=O)CCCN(c2cccc(C)c2)S(C)(=O)=O)[C@H](Cc2ccccc2)C(=O)NC(C)C)cc1. The summed E-state index contributed by atoms with van der Waals surface area (Å²) in [6.45, 7) is 8.14. The average molecular weight is 564 g/mol. The molecule has 7 nitrogen and oxygen atoms in total. The molecule has 0 radical (unpaired) electrons. The number of carbonyl (C=O) groups excluding carboxylic acids is 2. The van der Waals surface area contributed by atoms with Gasteiger partial charge in [0.1, 0.15) is 6.04 Å². The predicted molar refractivity (Wildman–Crippen MR) is 162 cm³/mol. The van der Waals surface area contributed by atoms with Crippen LogP contribution in [-0.4, -0.2) is 50.0 Å². The molecule has 1 N–H and O–H groups in total. The molecule has 3 rings (SSSR count). The lowest BCUT2D eigenvalue weighted by Gasteiger charge is -2.32. The predicted octanol–water partition coefficient (Wildman–Crippen LogP) is 5.01. The van der Waals surface area contributed by atoms with Gasteiger partial charge < -0.3 is 10.2 Å². The Labute approximate surface area is 239 Å². The molecule has 1 atom stereocenters. The summed E-state index contributed by atoms with van der Waals surface area (Å²) >= 11 is 0. The van der Waals surface area contributed by atoms with Crippen molar-refractivity contribution in [1.29, 1.82) is 0 Å². The lowest BCUT2D eigenvalue weighted by atomic mass is 10.0. The summed E-state index contributed by atoms with van der Waals surface area (Å²) in [5.41, 5.74) is 4.51. The lowest BCUT2D eigenvalue weighted by Crippen LogP contribution is -2.51.